The third-order valence-electron chi connectivity index (χ3n) is 11.3. The van der Waals surface area contributed by atoms with E-state index in [1.807, 2.05) is 6.07 Å². The van der Waals surface area contributed by atoms with Gasteiger partial charge in [-0.3, -0.25) is 9.35 Å². The zero-order valence-electron chi connectivity index (χ0n) is 27.1. The molecule has 0 saturated heterocycles. The van der Waals surface area contributed by atoms with Gasteiger partial charge in [0.25, 0.3) is 10.1 Å². The van der Waals surface area contributed by atoms with Crippen LogP contribution in [0.5, 0.6) is 0 Å². The van der Waals surface area contributed by atoms with E-state index in [2.05, 4.69) is 66.7 Å². The van der Waals surface area contributed by atoms with Gasteiger partial charge >= 0.3 is 5.97 Å². The SMILES string of the molecule is CC1(C)C2=[N+](CCC3OC4CCN5C(=C4C=C23)C(C)(CCCCCC(=O)O)c2ccccc25)c2ccc3ccc(S(=O)(=O)O)cc3c21. The molecule has 0 radical (unpaired) electrons. The highest BCUT2D eigenvalue weighted by atomic mass is 32.2. The highest BCUT2D eigenvalue weighted by Gasteiger charge is 2.55. The van der Waals surface area contributed by atoms with E-state index >= 15 is 0 Å². The number of benzene rings is 3. The smallest absolute Gasteiger partial charge is 0.303 e. The van der Waals surface area contributed by atoms with Crippen LogP contribution < -0.4 is 4.90 Å². The normalized spacial score (nSPS) is 25.5. The van der Waals surface area contributed by atoms with Crippen LogP contribution in [0.25, 0.3) is 10.8 Å². The Labute approximate surface area is 275 Å². The summed E-state index contributed by atoms with van der Waals surface area (Å²) in [6.07, 6.45) is 7.82. The van der Waals surface area contributed by atoms with Gasteiger partial charge in [0.05, 0.1) is 22.5 Å². The van der Waals surface area contributed by atoms with Gasteiger partial charge in [-0.1, -0.05) is 37.1 Å². The molecule has 0 spiro atoms. The van der Waals surface area contributed by atoms with Crippen molar-refractivity contribution in [3.8, 4) is 0 Å². The molecule has 47 heavy (non-hydrogen) atoms. The second-order valence-corrected chi connectivity index (χ2v) is 15.9. The number of unbranched alkanes of at least 4 members (excludes halogenated alkanes) is 2. The van der Waals surface area contributed by atoms with Gasteiger partial charge in [0.1, 0.15) is 0 Å². The Hall–Kier alpha value is -3.79. The minimum absolute atomic E-state index is 0.00726. The van der Waals surface area contributed by atoms with E-state index in [1.54, 1.807) is 12.1 Å². The first-order valence-electron chi connectivity index (χ1n) is 16.8. The van der Waals surface area contributed by atoms with E-state index in [1.165, 1.54) is 39.9 Å². The molecule has 5 aliphatic rings. The van der Waals surface area contributed by atoms with Crippen LogP contribution in [0.4, 0.5) is 11.4 Å². The van der Waals surface area contributed by atoms with Crippen molar-refractivity contribution in [3.63, 3.8) is 0 Å². The van der Waals surface area contributed by atoms with Gasteiger partial charge in [0.15, 0.2) is 12.3 Å². The summed E-state index contributed by atoms with van der Waals surface area (Å²) in [5.74, 6) is -0.739. The molecule has 8 nitrogen and oxygen atoms in total. The predicted molar refractivity (Wildman–Crippen MR) is 181 cm³/mol. The van der Waals surface area contributed by atoms with Crippen LogP contribution in [0.1, 0.15) is 76.8 Å². The maximum absolute atomic E-state index is 12.1. The van der Waals surface area contributed by atoms with Gasteiger partial charge in [-0.05, 0) is 86.7 Å². The zero-order valence-corrected chi connectivity index (χ0v) is 27.9. The molecule has 5 heterocycles. The van der Waals surface area contributed by atoms with Gasteiger partial charge < -0.3 is 14.7 Å². The first-order valence-corrected chi connectivity index (χ1v) is 18.2. The molecular formula is C38H41N2O6S+. The lowest BCUT2D eigenvalue weighted by Gasteiger charge is -2.43. The van der Waals surface area contributed by atoms with Crippen molar-refractivity contribution in [1.82, 2.24) is 0 Å². The number of carbonyl (C=O) groups is 1. The Bertz CT molecular complexity index is 2080. The van der Waals surface area contributed by atoms with E-state index in [4.69, 9.17) is 9.84 Å². The van der Waals surface area contributed by atoms with Crippen LogP contribution in [-0.4, -0.2) is 59.6 Å². The van der Waals surface area contributed by atoms with Crippen LogP contribution in [0.2, 0.25) is 0 Å². The van der Waals surface area contributed by atoms with Crippen LogP contribution in [0, 0.1) is 0 Å². The van der Waals surface area contributed by atoms with Crippen molar-refractivity contribution in [2.75, 3.05) is 18.0 Å². The van der Waals surface area contributed by atoms with Crippen LogP contribution >= 0.6 is 0 Å². The topological polar surface area (TPSA) is 107 Å². The second kappa shape index (κ2) is 10.6. The monoisotopic (exact) mass is 653 g/mol. The minimum atomic E-state index is -4.35. The number of para-hydroxylation sites is 1. The fraction of sp³-hybridized carbons (Fsp3) is 0.421. The molecule has 3 atom stereocenters. The maximum atomic E-state index is 12.1. The second-order valence-electron chi connectivity index (χ2n) is 14.5. The van der Waals surface area contributed by atoms with Gasteiger partial charge in [-0.2, -0.15) is 13.0 Å². The van der Waals surface area contributed by atoms with Crippen LogP contribution in [0.3, 0.4) is 0 Å². The minimum Gasteiger partial charge on any atom is -0.481 e. The Kier molecular flexibility index (Phi) is 6.89. The number of anilines is 1. The number of ether oxygens (including phenoxy) is 1. The molecule has 0 bridgehead atoms. The Morgan fingerprint density at radius 1 is 1.02 bits per heavy atom. The van der Waals surface area contributed by atoms with Gasteiger partial charge in [-0.15, -0.1) is 0 Å². The van der Waals surface area contributed by atoms with Crippen molar-refractivity contribution in [2.45, 2.75) is 93.7 Å². The third kappa shape index (κ3) is 4.57. The Morgan fingerprint density at radius 2 is 1.81 bits per heavy atom. The molecule has 3 aromatic carbocycles. The molecule has 0 saturated carbocycles. The number of hydrogen-bond donors (Lipinski definition) is 2. The molecule has 5 aliphatic heterocycles. The van der Waals surface area contributed by atoms with Crippen molar-refractivity contribution < 1.29 is 32.2 Å². The molecule has 244 valence electrons. The number of nitrogens with zero attached hydrogens (tertiary/aromatic N) is 2. The number of rotatable bonds is 7. The zero-order chi connectivity index (χ0) is 32.9. The van der Waals surface area contributed by atoms with Gasteiger partial charge in [0.2, 0.25) is 5.69 Å². The number of carboxylic acid groups (broad SMARTS) is 1. The summed E-state index contributed by atoms with van der Waals surface area (Å²) in [4.78, 5) is 13.6. The summed E-state index contributed by atoms with van der Waals surface area (Å²) < 4.78 is 43.6. The molecule has 3 unspecified atom stereocenters. The summed E-state index contributed by atoms with van der Waals surface area (Å²) in [5.41, 5.74) is 9.01. The standard InChI is InChI=1S/C38H40N2O6S/c1-37(2)34-25-21-24(47(43,44)45)14-12-23(25)13-15-30(34)40-20-17-31-26(35(37)40)22-27-32(46-31)16-19-39-29-10-7-6-9-28(29)38(3,36(27)39)18-8-4-5-11-33(41)42/h6-7,9-10,12-15,21-22,31-32H,4-5,8,11,16-20H2,1-3H3,(H-,41,42,43,44,45)/p+1. The van der Waals surface area contributed by atoms with Crippen molar-refractivity contribution in [1.29, 1.82) is 0 Å². The van der Waals surface area contributed by atoms with E-state index in [-0.39, 0.29) is 28.9 Å². The first kappa shape index (κ1) is 30.5. The summed E-state index contributed by atoms with van der Waals surface area (Å²) >= 11 is 0. The maximum Gasteiger partial charge on any atom is 0.303 e. The fourth-order valence-electron chi connectivity index (χ4n) is 9.35. The quantitative estimate of drug-likeness (QED) is 0.160. The van der Waals surface area contributed by atoms with E-state index < -0.39 is 21.5 Å². The molecular weight excluding hydrogens is 612 g/mol. The van der Waals surface area contributed by atoms with Crippen molar-refractivity contribution >= 4 is 43.9 Å². The molecule has 8 rings (SSSR count). The number of hydrogen-bond acceptors (Lipinski definition) is 5. The fourth-order valence-corrected chi connectivity index (χ4v) is 9.85. The van der Waals surface area contributed by atoms with Crippen molar-refractivity contribution in [2.24, 2.45) is 0 Å². The van der Waals surface area contributed by atoms with Gasteiger partial charge in [0, 0.05) is 59.0 Å². The van der Waals surface area contributed by atoms with Crippen LogP contribution in [-0.2, 0) is 30.5 Å². The predicted octanol–water partition coefficient (Wildman–Crippen LogP) is 7.03. The molecule has 9 heteroatoms. The summed E-state index contributed by atoms with van der Waals surface area (Å²) in [6, 6.07) is 17.8. The van der Waals surface area contributed by atoms with E-state index in [0.29, 0.717) is 6.42 Å². The van der Waals surface area contributed by atoms with Crippen LogP contribution in [0.15, 0.2) is 82.4 Å². The molecule has 0 amide bonds. The number of fused-ring (bicyclic) bond motifs is 10. The van der Waals surface area contributed by atoms with E-state index in [0.717, 1.165) is 67.2 Å². The molecule has 0 fully saturated rings. The average molecular weight is 654 g/mol. The lowest BCUT2D eigenvalue weighted by Crippen LogP contribution is -2.47. The molecule has 0 aliphatic carbocycles. The Balaban J connectivity index is 1.26. The third-order valence-corrected chi connectivity index (χ3v) is 12.2. The number of aliphatic carboxylic acids is 1. The highest BCUT2D eigenvalue weighted by molar-refractivity contribution is 7.85. The number of carboxylic acids is 1. The summed E-state index contributed by atoms with van der Waals surface area (Å²) in [6.45, 7) is 8.49. The first-order chi connectivity index (χ1) is 22.4. The van der Waals surface area contributed by atoms with E-state index in [9.17, 15) is 17.8 Å². The van der Waals surface area contributed by atoms with Gasteiger partial charge in [-0.25, -0.2) is 0 Å². The highest BCUT2D eigenvalue weighted by Crippen LogP contribution is 2.56. The lowest BCUT2D eigenvalue weighted by molar-refractivity contribution is -0.445. The molecule has 3 aromatic rings. The Morgan fingerprint density at radius 3 is 2.60 bits per heavy atom. The molecule has 0 aromatic heterocycles. The summed E-state index contributed by atoms with van der Waals surface area (Å²) in [5, 5.41) is 10.9. The van der Waals surface area contributed by atoms with Crippen molar-refractivity contribution in [3.05, 3.63) is 88.6 Å². The molecule has 2 N–H and O–H groups in total. The largest absolute Gasteiger partial charge is 0.481 e. The lowest BCUT2D eigenvalue weighted by atomic mass is 9.71. The average Bonchev–Trinajstić information content (AvgIpc) is 3.44. The number of allylic oxidation sites excluding steroid dienone is 1. The summed E-state index contributed by atoms with van der Waals surface area (Å²) in [7, 11) is -4.35.